The molecule has 0 amide bonds. The Morgan fingerprint density at radius 3 is 2.71 bits per heavy atom. The molecule has 28 heavy (non-hydrogen) atoms. The van der Waals surface area contributed by atoms with Gasteiger partial charge >= 0.3 is 0 Å². The molecule has 0 radical (unpaired) electrons. The SMILES string of the molecule is O=C(c1c(F)ccc(NS(=O)(=O)c2ncc[nH]2)c1F)c1c[nH]c2ncncc12. The van der Waals surface area contributed by atoms with E-state index in [-0.39, 0.29) is 10.9 Å². The lowest BCUT2D eigenvalue weighted by Crippen LogP contribution is -2.17. The van der Waals surface area contributed by atoms with Crippen LogP contribution in [-0.4, -0.2) is 39.1 Å². The highest BCUT2D eigenvalue weighted by atomic mass is 32.2. The summed E-state index contributed by atoms with van der Waals surface area (Å²) in [5.74, 6) is -3.49. The average Bonchev–Trinajstić information content (AvgIpc) is 3.34. The van der Waals surface area contributed by atoms with Crippen LogP contribution in [0.4, 0.5) is 14.5 Å². The van der Waals surface area contributed by atoms with Crippen molar-refractivity contribution in [3.63, 3.8) is 0 Å². The normalized spacial score (nSPS) is 11.6. The molecule has 0 aliphatic carbocycles. The zero-order chi connectivity index (χ0) is 19.9. The number of imidazole rings is 1. The van der Waals surface area contributed by atoms with Crippen LogP contribution in [-0.2, 0) is 10.0 Å². The van der Waals surface area contributed by atoms with Crippen molar-refractivity contribution in [3.8, 4) is 0 Å². The summed E-state index contributed by atoms with van der Waals surface area (Å²) in [5.41, 5.74) is -1.25. The Balaban J connectivity index is 1.78. The van der Waals surface area contributed by atoms with E-state index in [9.17, 15) is 22.0 Å². The molecule has 0 spiro atoms. The van der Waals surface area contributed by atoms with Gasteiger partial charge in [-0.3, -0.25) is 9.52 Å². The van der Waals surface area contributed by atoms with E-state index in [1.807, 2.05) is 4.72 Å². The van der Waals surface area contributed by atoms with Gasteiger partial charge in [-0.2, -0.15) is 8.42 Å². The molecule has 3 aromatic heterocycles. The summed E-state index contributed by atoms with van der Waals surface area (Å²) in [6.07, 6.45) is 6.29. The Bertz CT molecular complexity index is 1300. The molecule has 12 heteroatoms. The minimum absolute atomic E-state index is 0.0561. The summed E-state index contributed by atoms with van der Waals surface area (Å²) in [4.78, 5) is 29.1. The number of aromatic amines is 2. The van der Waals surface area contributed by atoms with Crippen LogP contribution in [0.25, 0.3) is 11.0 Å². The monoisotopic (exact) mass is 404 g/mol. The summed E-state index contributed by atoms with van der Waals surface area (Å²) in [6.45, 7) is 0. The number of aromatic nitrogens is 5. The maximum atomic E-state index is 14.9. The largest absolute Gasteiger partial charge is 0.345 e. The third kappa shape index (κ3) is 2.89. The standard InChI is InChI=1S/C16H10F2N6O3S/c17-10-1-2-11(24-28(26,27)16-20-3-4-21-16)13(18)12(10)14(25)8-6-22-15-9(8)5-19-7-23-15/h1-7,24H,(H,20,21)(H,19,22,23). The molecule has 4 rings (SSSR count). The van der Waals surface area contributed by atoms with Crippen LogP contribution in [0, 0.1) is 11.6 Å². The molecule has 4 aromatic rings. The highest BCUT2D eigenvalue weighted by Gasteiger charge is 2.27. The van der Waals surface area contributed by atoms with Gasteiger partial charge in [0.1, 0.15) is 17.8 Å². The molecule has 0 saturated heterocycles. The quantitative estimate of drug-likeness (QED) is 0.436. The summed E-state index contributed by atoms with van der Waals surface area (Å²) < 4.78 is 55.5. The number of ketones is 1. The van der Waals surface area contributed by atoms with Crippen LogP contribution in [0.15, 0.2) is 48.4 Å². The van der Waals surface area contributed by atoms with Gasteiger partial charge in [0, 0.05) is 30.2 Å². The molecule has 0 aliphatic heterocycles. The van der Waals surface area contributed by atoms with Crippen LogP contribution in [0.3, 0.4) is 0 Å². The zero-order valence-electron chi connectivity index (χ0n) is 13.8. The molecule has 0 bridgehead atoms. The number of rotatable bonds is 5. The van der Waals surface area contributed by atoms with Crippen molar-refractivity contribution in [1.82, 2.24) is 24.9 Å². The predicted molar refractivity (Wildman–Crippen MR) is 93.1 cm³/mol. The molecule has 9 nitrogen and oxygen atoms in total. The van der Waals surface area contributed by atoms with Crippen molar-refractivity contribution in [2.24, 2.45) is 0 Å². The third-order valence-electron chi connectivity index (χ3n) is 3.89. The number of halogens is 2. The van der Waals surface area contributed by atoms with E-state index in [0.29, 0.717) is 5.65 Å². The van der Waals surface area contributed by atoms with Crippen molar-refractivity contribution >= 4 is 32.5 Å². The molecule has 3 heterocycles. The lowest BCUT2D eigenvalue weighted by molar-refractivity contribution is 0.103. The van der Waals surface area contributed by atoms with Crippen LogP contribution in [0.2, 0.25) is 0 Å². The van der Waals surface area contributed by atoms with E-state index in [1.54, 1.807) is 0 Å². The number of fused-ring (bicyclic) bond motifs is 1. The molecule has 3 N–H and O–H groups in total. The molecule has 142 valence electrons. The second-order valence-electron chi connectivity index (χ2n) is 5.60. The first-order valence-electron chi connectivity index (χ1n) is 7.70. The molecule has 0 unspecified atom stereocenters. The van der Waals surface area contributed by atoms with Gasteiger partial charge in [-0.1, -0.05) is 0 Å². The smallest absolute Gasteiger partial charge is 0.295 e. The van der Waals surface area contributed by atoms with Gasteiger partial charge in [0.15, 0.2) is 5.82 Å². The van der Waals surface area contributed by atoms with Crippen LogP contribution < -0.4 is 4.72 Å². The lowest BCUT2D eigenvalue weighted by Gasteiger charge is -2.10. The number of carbonyl (C=O) groups is 1. The highest BCUT2D eigenvalue weighted by Crippen LogP contribution is 2.27. The fourth-order valence-electron chi connectivity index (χ4n) is 2.61. The summed E-state index contributed by atoms with van der Waals surface area (Å²) in [5, 5.41) is -0.189. The molecule has 0 fully saturated rings. The average molecular weight is 404 g/mol. The number of anilines is 1. The fraction of sp³-hybridized carbons (Fsp3) is 0. The highest BCUT2D eigenvalue weighted by molar-refractivity contribution is 7.92. The first kappa shape index (κ1) is 17.7. The Kier molecular flexibility index (Phi) is 4.11. The molecule has 0 aliphatic rings. The van der Waals surface area contributed by atoms with E-state index >= 15 is 0 Å². The number of hydrogen-bond acceptors (Lipinski definition) is 6. The second-order valence-corrected chi connectivity index (χ2v) is 7.20. The van der Waals surface area contributed by atoms with Gasteiger partial charge in [-0.25, -0.2) is 23.7 Å². The molecule has 0 saturated carbocycles. The number of hydrogen-bond donors (Lipinski definition) is 3. The van der Waals surface area contributed by atoms with Gasteiger partial charge in [-0.15, -0.1) is 0 Å². The van der Waals surface area contributed by atoms with E-state index in [0.717, 1.165) is 12.1 Å². The van der Waals surface area contributed by atoms with E-state index in [2.05, 4.69) is 24.9 Å². The Hall–Kier alpha value is -3.67. The number of sulfonamides is 1. The van der Waals surface area contributed by atoms with Crippen LogP contribution in [0.5, 0.6) is 0 Å². The molecule has 0 atom stereocenters. The third-order valence-corrected chi connectivity index (χ3v) is 5.11. The van der Waals surface area contributed by atoms with Crippen molar-refractivity contribution in [1.29, 1.82) is 0 Å². The minimum atomic E-state index is -4.25. The number of carbonyl (C=O) groups excluding carboxylic acids is 1. The Labute approximate surface area is 155 Å². The molecular formula is C16H10F2N6O3S. The molecular weight excluding hydrogens is 394 g/mol. The van der Waals surface area contributed by atoms with Crippen LogP contribution in [0.1, 0.15) is 15.9 Å². The van der Waals surface area contributed by atoms with Gasteiger partial charge in [0.2, 0.25) is 10.9 Å². The van der Waals surface area contributed by atoms with E-state index < -0.39 is 43.8 Å². The number of H-pyrrole nitrogens is 2. The molecule has 1 aromatic carbocycles. The van der Waals surface area contributed by atoms with Crippen LogP contribution >= 0.6 is 0 Å². The summed E-state index contributed by atoms with van der Waals surface area (Å²) in [6, 6.07) is 1.67. The minimum Gasteiger partial charge on any atom is -0.345 e. The topological polar surface area (TPSA) is 133 Å². The summed E-state index contributed by atoms with van der Waals surface area (Å²) in [7, 11) is -4.25. The predicted octanol–water partition coefficient (Wildman–Crippen LogP) is 1.99. The van der Waals surface area contributed by atoms with Gasteiger partial charge in [0.25, 0.3) is 10.0 Å². The lowest BCUT2D eigenvalue weighted by atomic mass is 10.0. The van der Waals surface area contributed by atoms with Gasteiger partial charge in [0.05, 0.1) is 16.8 Å². The second kappa shape index (κ2) is 6.49. The van der Waals surface area contributed by atoms with Crippen molar-refractivity contribution < 1.29 is 22.0 Å². The van der Waals surface area contributed by atoms with Gasteiger partial charge in [-0.05, 0) is 12.1 Å². The number of nitrogens with zero attached hydrogens (tertiary/aromatic N) is 3. The maximum Gasteiger partial charge on any atom is 0.295 e. The summed E-state index contributed by atoms with van der Waals surface area (Å²) >= 11 is 0. The number of benzene rings is 1. The first-order chi connectivity index (χ1) is 13.4. The number of nitrogens with one attached hydrogen (secondary N) is 3. The Morgan fingerprint density at radius 2 is 1.96 bits per heavy atom. The fourth-order valence-corrected chi connectivity index (χ4v) is 3.58. The van der Waals surface area contributed by atoms with Crippen molar-refractivity contribution in [2.75, 3.05) is 4.72 Å². The first-order valence-corrected chi connectivity index (χ1v) is 9.19. The van der Waals surface area contributed by atoms with Crippen molar-refractivity contribution in [2.45, 2.75) is 5.16 Å². The van der Waals surface area contributed by atoms with E-state index in [4.69, 9.17) is 0 Å². The van der Waals surface area contributed by atoms with E-state index in [1.165, 1.54) is 31.1 Å². The zero-order valence-corrected chi connectivity index (χ0v) is 14.6. The van der Waals surface area contributed by atoms with Crippen molar-refractivity contribution in [3.05, 3.63) is 66.0 Å². The Morgan fingerprint density at radius 1 is 1.14 bits per heavy atom. The maximum absolute atomic E-state index is 14.9. The van der Waals surface area contributed by atoms with Gasteiger partial charge < -0.3 is 9.97 Å².